The highest BCUT2D eigenvalue weighted by atomic mass is 16.5. The van der Waals surface area contributed by atoms with Crippen molar-refractivity contribution in [1.82, 2.24) is 29.6 Å². The summed E-state index contributed by atoms with van der Waals surface area (Å²) in [6, 6.07) is 5.99. The molecule has 3 aromatic rings. The number of rotatable bonds is 2. The third kappa shape index (κ3) is 5.49. The molecule has 190 valence electrons. The summed E-state index contributed by atoms with van der Waals surface area (Å²) >= 11 is 0. The van der Waals surface area contributed by atoms with Gasteiger partial charge in [-0.05, 0) is 68.7 Å². The van der Waals surface area contributed by atoms with E-state index in [1.807, 2.05) is 41.2 Å². The summed E-state index contributed by atoms with van der Waals surface area (Å²) in [7, 11) is 0. The van der Waals surface area contributed by atoms with Gasteiger partial charge in [0.25, 0.3) is 5.91 Å². The molecular formula is C29H32N6O2. The van der Waals surface area contributed by atoms with Crippen LogP contribution in [0.1, 0.15) is 78.3 Å². The van der Waals surface area contributed by atoms with Crippen LogP contribution in [0.15, 0.2) is 67.1 Å². The van der Waals surface area contributed by atoms with Crippen molar-refractivity contribution in [1.29, 1.82) is 0 Å². The molecule has 37 heavy (non-hydrogen) atoms. The number of hydrogen-bond acceptors (Lipinski definition) is 5. The van der Waals surface area contributed by atoms with Gasteiger partial charge in [0.15, 0.2) is 5.82 Å². The van der Waals surface area contributed by atoms with E-state index in [4.69, 9.17) is 4.74 Å². The predicted molar refractivity (Wildman–Crippen MR) is 141 cm³/mol. The number of nitrogens with one attached hydrogen (secondary N) is 1. The van der Waals surface area contributed by atoms with Gasteiger partial charge in [-0.1, -0.05) is 24.3 Å². The van der Waals surface area contributed by atoms with Crippen molar-refractivity contribution in [3.63, 3.8) is 0 Å². The van der Waals surface area contributed by atoms with Gasteiger partial charge in [0.2, 0.25) is 0 Å². The average molecular weight is 497 g/mol. The Morgan fingerprint density at radius 1 is 1.11 bits per heavy atom. The van der Waals surface area contributed by atoms with E-state index in [0.717, 1.165) is 72.7 Å². The SMILES string of the molecule is O=C1N/C2=C/C=C\C(=C\CCCC2)c2nncn2CCCOCc2ccc(-n3cnc(C4CC4)c3)cc21. The van der Waals surface area contributed by atoms with Gasteiger partial charge >= 0.3 is 0 Å². The molecule has 2 aliphatic carbocycles. The molecule has 0 radical (unpaired) electrons. The quantitative estimate of drug-likeness (QED) is 0.534. The second kappa shape index (κ2) is 10.7. The number of ether oxygens (including phenoxy) is 1. The molecule has 1 amide bonds. The number of amides is 1. The van der Waals surface area contributed by atoms with Crippen molar-refractivity contribution in [3.05, 3.63) is 89.7 Å². The third-order valence-electron chi connectivity index (χ3n) is 7.17. The van der Waals surface area contributed by atoms with Crippen molar-refractivity contribution < 1.29 is 9.53 Å². The average Bonchev–Trinajstić information content (AvgIpc) is 3.45. The predicted octanol–water partition coefficient (Wildman–Crippen LogP) is 5.09. The van der Waals surface area contributed by atoms with Crippen LogP contribution in [0.2, 0.25) is 0 Å². The zero-order chi connectivity index (χ0) is 25.0. The van der Waals surface area contributed by atoms with E-state index in [9.17, 15) is 4.79 Å². The minimum Gasteiger partial charge on any atom is -0.377 e. The first-order valence-corrected chi connectivity index (χ1v) is 13.3. The second-order valence-corrected chi connectivity index (χ2v) is 9.99. The number of aromatic nitrogens is 5. The molecule has 0 unspecified atom stereocenters. The molecule has 2 bridgehead atoms. The fourth-order valence-electron chi connectivity index (χ4n) is 4.91. The fraction of sp³-hybridized carbons (Fsp3) is 0.379. The Hall–Kier alpha value is -3.78. The number of nitrogens with zero attached hydrogens (tertiary/aromatic N) is 5. The lowest BCUT2D eigenvalue weighted by Crippen LogP contribution is -2.24. The van der Waals surface area contributed by atoms with Gasteiger partial charge in [-0.3, -0.25) is 4.79 Å². The summed E-state index contributed by atoms with van der Waals surface area (Å²) in [5.41, 5.74) is 5.53. The zero-order valence-electron chi connectivity index (χ0n) is 21.0. The van der Waals surface area contributed by atoms with Crippen LogP contribution >= 0.6 is 0 Å². The van der Waals surface area contributed by atoms with Gasteiger partial charge in [-0.25, -0.2) is 4.98 Å². The first-order chi connectivity index (χ1) is 18.2. The zero-order valence-corrected chi connectivity index (χ0v) is 21.0. The largest absolute Gasteiger partial charge is 0.377 e. The van der Waals surface area contributed by atoms with Crippen molar-refractivity contribution in [3.8, 4) is 5.69 Å². The molecule has 1 aliphatic heterocycles. The molecule has 3 heterocycles. The summed E-state index contributed by atoms with van der Waals surface area (Å²) in [6.07, 6.45) is 21.1. The van der Waals surface area contributed by atoms with Gasteiger partial charge in [0.1, 0.15) is 6.33 Å². The topological polar surface area (TPSA) is 86.9 Å². The van der Waals surface area contributed by atoms with E-state index in [0.29, 0.717) is 24.7 Å². The number of allylic oxidation sites excluding steroid dienone is 6. The molecule has 0 saturated heterocycles. The number of carbonyl (C=O) groups excluding carboxylic acids is 1. The Labute approximate surface area is 216 Å². The maximum atomic E-state index is 13.6. The van der Waals surface area contributed by atoms with Crippen LogP contribution in [0.5, 0.6) is 0 Å². The van der Waals surface area contributed by atoms with Crippen LogP contribution in [0.3, 0.4) is 0 Å². The lowest BCUT2D eigenvalue weighted by atomic mass is 10.0. The molecule has 1 N–H and O–H groups in total. The molecule has 6 rings (SSSR count). The number of fused-ring (bicyclic) bond motifs is 5. The standard InChI is InChI=1S/C29H32N6O2/c36-29-26-16-25(35-17-27(30-19-35)21-10-11-21)13-12-23(26)18-37-15-5-14-34-20-31-33-28(34)22-6-2-1-3-8-24(32-29)9-4-7-22/h4,6-7,9,12-13,16-17,19-21H,1-3,5,8,10-11,14-15,18H2,(H,32,36)/b7-4-,22-6-,24-9+. The molecule has 1 saturated carbocycles. The highest BCUT2D eigenvalue weighted by Gasteiger charge is 2.26. The van der Waals surface area contributed by atoms with Gasteiger partial charge in [0.05, 0.1) is 18.6 Å². The Morgan fingerprint density at radius 2 is 2.05 bits per heavy atom. The fourth-order valence-corrected chi connectivity index (χ4v) is 4.91. The van der Waals surface area contributed by atoms with E-state index >= 15 is 0 Å². The maximum absolute atomic E-state index is 13.6. The first kappa shape index (κ1) is 23.6. The number of carbonyl (C=O) groups is 1. The van der Waals surface area contributed by atoms with Crippen LogP contribution < -0.4 is 5.32 Å². The smallest absolute Gasteiger partial charge is 0.255 e. The van der Waals surface area contributed by atoms with Crippen molar-refractivity contribution in [2.75, 3.05) is 6.61 Å². The monoisotopic (exact) mass is 496 g/mol. The van der Waals surface area contributed by atoms with Crippen LogP contribution in [0.4, 0.5) is 0 Å². The minimum atomic E-state index is -0.109. The summed E-state index contributed by atoms with van der Waals surface area (Å²) in [5, 5.41) is 11.7. The number of aryl methyl sites for hydroxylation is 1. The number of hydrogen-bond donors (Lipinski definition) is 1. The minimum absolute atomic E-state index is 0.109. The van der Waals surface area contributed by atoms with Crippen LogP contribution in [-0.4, -0.2) is 36.8 Å². The normalized spacial score (nSPS) is 22.8. The Morgan fingerprint density at radius 3 is 2.97 bits per heavy atom. The van der Waals surface area contributed by atoms with Gasteiger partial charge in [0, 0.05) is 47.8 Å². The van der Waals surface area contributed by atoms with Crippen molar-refractivity contribution in [2.24, 2.45) is 0 Å². The van der Waals surface area contributed by atoms with Crippen molar-refractivity contribution in [2.45, 2.75) is 64.0 Å². The third-order valence-corrected chi connectivity index (χ3v) is 7.17. The van der Waals surface area contributed by atoms with Crippen LogP contribution in [-0.2, 0) is 17.9 Å². The summed E-state index contributed by atoms with van der Waals surface area (Å²) in [4.78, 5) is 18.2. The second-order valence-electron chi connectivity index (χ2n) is 9.99. The Kier molecular flexibility index (Phi) is 6.82. The highest BCUT2D eigenvalue weighted by molar-refractivity contribution is 5.97. The first-order valence-electron chi connectivity index (χ1n) is 13.3. The van der Waals surface area contributed by atoms with E-state index in [2.05, 4.69) is 43.4 Å². The molecule has 8 heteroatoms. The lowest BCUT2D eigenvalue weighted by Gasteiger charge is -2.16. The highest BCUT2D eigenvalue weighted by Crippen LogP contribution is 2.39. The summed E-state index contributed by atoms with van der Waals surface area (Å²) < 4.78 is 10.1. The molecule has 0 spiro atoms. The summed E-state index contributed by atoms with van der Waals surface area (Å²) in [6.45, 7) is 1.72. The Balaban J connectivity index is 1.33. The summed E-state index contributed by atoms with van der Waals surface area (Å²) in [5.74, 6) is 1.34. The molecule has 3 aliphatic rings. The van der Waals surface area contributed by atoms with Gasteiger partial charge < -0.3 is 19.2 Å². The van der Waals surface area contributed by atoms with Crippen molar-refractivity contribution >= 4 is 11.5 Å². The molecule has 8 nitrogen and oxygen atoms in total. The lowest BCUT2D eigenvalue weighted by molar-refractivity contribution is 0.0946. The number of imidazole rings is 1. The molecular weight excluding hydrogens is 464 g/mol. The molecule has 1 aromatic carbocycles. The van der Waals surface area contributed by atoms with Gasteiger partial charge in [-0.15, -0.1) is 10.2 Å². The maximum Gasteiger partial charge on any atom is 0.255 e. The van der Waals surface area contributed by atoms with E-state index < -0.39 is 0 Å². The number of benzene rings is 1. The van der Waals surface area contributed by atoms with E-state index in [1.165, 1.54) is 12.8 Å². The Bertz CT molecular complexity index is 1370. The molecule has 0 atom stereocenters. The molecule has 1 fully saturated rings. The molecule has 2 aromatic heterocycles. The van der Waals surface area contributed by atoms with Gasteiger partial charge in [-0.2, -0.15) is 0 Å². The van der Waals surface area contributed by atoms with E-state index in [1.54, 1.807) is 6.33 Å². The van der Waals surface area contributed by atoms with E-state index in [-0.39, 0.29) is 5.91 Å². The van der Waals surface area contributed by atoms with Crippen LogP contribution in [0.25, 0.3) is 11.3 Å². The van der Waals surface area contributed by atoms with Crippen LogP contribution in [0, 0.1) is 0 Å².